The van der Waals surface area contributed by atoms with E-state index in [1.54, 1.807) is 27.4 Å². The monoisotopic (exact) mass is 477 g/mol. The van der Waals surface area contributed by atoms with Crippen molar-refractivity contribution >= 4 is 10.0 Å². The van der Waals surface area contributed by atoms with Crippen LogP contribution in [0.3, 0.4) is 0 Å². The number of hydrogen-bond donors (Lipinski definition) is 0. The molecule has 0 N–H and O–H groups in total. The number of hydrogen-bond acceptors (Lipinski definition) is 6. The van der Waals surface area contributed by atoms with Gasteiger partial charge in [0.1, 0.15) is 11.5 Å². The standard InChI is InChI=1S/C25H35NO6S/c1-5-6-7-25(20-32-17-16-29-2)33(27,28)26(18-21-8-12-23(30-3)13-9-21)19-22-10-14-24(31-4)15-11-22/h5,8-15,25H,1,6-7,16-20H2,2-4H3/t25-/m0/s1. The van der Waals surface area contributed by atoms with Crippen molar-refractivity contribution in [2.45, 2.75) is 31.2 Å². The normalized spacial score (nSPS) is 12.5. The highest BCUT2D eigenvalue weighted by atomic mass is 32.2. The van der Waals surface area contributed by atoms with E-state index in [-0.39, 0.29) is 19.7 Å². The van der Waals surface area contributed by atoms with Gasteiger partial charge < -0.3 is 18.9 Å². The molecule has 0 amide bonds. The minimum Gasteiger partial charge on any atom is -0.497 e. The van der Waals surface area contributed by atoms with Gasteiger partial charge >= 0.3 is 0 Å². The fraction of sp³-hybridized carbons (Fsp3) is 0.440. The van der Waals surface area contributed by atoms with Gasteiger partial charge in [0.05, 0.1) is 39.3 Å². The predicted molar refractivity (Wildman–Crippen MR) is 130 cm³/mol. The van der Waals surface area contributed by atoms with Crippen LogP contribution in [-0.2, 0) is 32.6 Å². The maximum Gasteiger partial charge on any atom is 0.219 e. The second-order valence-electron chi connectivity index (χ2n) is 7.56. The Hall–Kier alpha value is -2.39. The van der Waals surface area contributed by atoms with Gasteiger partial charge in [-0.2, -0.15) is 4.31 Å². The molecular formula is C25H35NO6S. The molecule has 0 saturated heterocycles. The van der Waals surface area contributed by atoms with Crippen LogP contribution < -0.4 is 9.47 Å². The summed E-state index contributed by atoms with van der Waals surface area (Å²) < 4.78 is 50.2. The topological polar surface area (TPSA) is 74.3 Å². The van der Waals surface area contributed by atoms with Crippen LogP contribution in [0, 0.1) is 0 Å². The van der Waals surface area contributed by atoms with Crippen LogP contribution in [0.2, 0.25) is 0 Å². The van der Waals surface area contributed by atoms with E-state index in [0.29, 0.717) is 26.1 Å². The van der Waals surface area contributed by atoms with Crippen molar-refractivity contribution in [3.05, 3.63) is 72.3 Å². The quantitative estimate of drug-likeness (QED) is 0.268. The Kier molecular flexibility index (Phi) is 11.4. The highest BCUT2D eigenvalue weighted by Gasteiger charge is 2.32. The lowest BCUT2D eigenvalue weighted by molar-refractivity contribution is 0.0692. The van der Waals surface area contributed by atoms with E-state index in [1.165, 1.54) is 4.31 Å². The maximum atomic E-state index is 13.8. The number of allylic oxidation sites excluding steroid dienone is 1. The van der Waals surface area contributed by atoms with Crippen LogP contribution in [0.1, 0.15) is 24.0 Å². The molecule has 7 nitrogen and oxygen atoms in total. The van der Waals surface area contributed by atoms with E-state index in [2.05, 4.69) is 6.58 Å². The largest absolute Gasteiger partial charge is 0.497 e. The second-order valence-corrected chi connectivity index (χ2v) is 9.78. The summed E-state index contributed by atoms with van der Waals surface area (Å²) >= 11 is 0. The molecule has 0 aromatic heterocycles. The zero-order valence-corrected chi connectivity index (χ0v) is 20.6. The fourth-order valence-electron chi connectivity index (χ4n) is 3.29. The summed E-state index contributed by atoms with van der Waals surface area (Å²) in [5, 5.41) is -0.691. The third-order valence-electron chi connectivity index (χ3n) is 5.25. The van der Waals surface area contributed by atoms with Gasteiger partial charge in [0.2, 0.25) is 10.0 Å². The van der Waals surface area contributed by atoms with Crippen LogP contribution in [0.5, 0.6) is 11.5 Å². The minimum atomic E-state index is -3.69. The third-order valence-corrected chi connectivity index (χ3v) is 7.44. The molecule has 0 aliphatic heterocycles. The summed E-state index contributed by atoms with van der Waals surface area (Å²) in [5.74, 6) is 1.44. The highest BCUT2D eigenvalue weighted by Crippen LogP contribution is 2.23. The lowest BCUT2D eigenvalue weighted by Gasteiger charge is -2.28. The summed E-state index contributed by atoms with van der Waals surface area (Å²) in [5.41, 5.74) is 1.74. The lowest BCUT2D eigenvalue weighted by atomic mass is 10.2. The summed E-state index contributed by atoms with van der Waals surface area (Å²) in [6, 6.07) is 14.8. The Morgan fingerprint density at radius 2 is 1.39 bits per heavy atom. The van der Waals surface area contributed by atoms with Gasteiger partial charge in [0, 0.05) is 20.2 Å². The molecule has 182 valence electrons. The molecule has 0 aliphatic carbocycles. The number of methoxy groups -OCH3 is 3. The molecule has 2 rings (SSSR count). The van der Waals surface area contributed by atoms with Crippen LogP contribution in [0.25, 0.3) is 0 Å². The molecule has 0 radical (unpaired) electrons. The first-order valence-electron chi connectivity index (χ1n) is 10.9. The SMILES string of the molecule is C=CCC[C@@H](COCCOC)S(=O)(=O)N(Cc1ccc(OC)cc1)Cc1ccc(OC)cc1. The van der Waals surface area contributed by atoms with Crippen molar-refractivity contribution in [2.75, 3.05) is 41.2 Å². The maximum absolute atomic E-state index is 13.8. The van der Waals surface area contributed by atoms with Crippen molar-refractivity contribution in [1.82, 2.24) is 4.31 Å². The molecule has 1 atom stereocenters. The van der Waals surface area contributed by atoms with Crippen molar-refractivity contribution < 1.29 is 27.4 Å². The summed E-state index contributed by atoms with van der Waals surface area (Å²) in [6.07, 6.45) is 2.74. The lowest BCUT2D eigenvalue weighted by Crippen LogP contribution is -2.40. The first-order valence-corrected chi connectivity index (χ1v) is 12.4. The Bertz CT molecular complexity index is 879. The first-order chi connectivity index (χ1) is 15.9. The zero-order chi connectivity index (χ0) is 24.1. The van der Waals surface area contributed by atoms with Gasteiger partial charge in [-0.05, 0) is 48.2 Å². The average Bonchev–Trinajstić information content (AvgIpc) is 2.84. The van der Waals surface area contributed by atoms with E-state index in [4.69, 9.17) is 18.9 Å². The number of rotatable bonds is 16. The molecule has 0 aliphatic rings. The van der Waals surface area contributed by atoms with E-state index in [1.807, 2.05) is 48.5 Å². The Labute approximate surface area is 198 Å². The number of nitrogens with zero attached hydrogens (tertiary/aromatic N) is 1. The molecular weight excluding hydrogens is 442 g/mol. The highest BCUT2D eigenvalue weighted by molar-refractivity contribution is 7.89. The van der Waals surface area contributed by atoms with Crippen LogP contribution in [0.4, 0.5) is 0 Å². The van der Waals surface area contributed by atoms with E-state index in [9.17, 15) is 8.42 Å². The molecule has 0 bridgehead atoms. The summed E-state index contributed by atoms with van der Waals surface area (Å²) in [7, 11) is 1.09. The average molecular weight is 478 g/mol. The smallest absolute Gasteiger partial charge is 0.219 e. The summed E-state index contributed by atoms with van der Waals surface area (Å²) in [6.45, 7) is 5.07. The fourth-order valence-corrected chi connectivity index (χ4v) is 5.08. The Balaban J connectivity index is 2.31. The van der Waals surface area contributed by atoms with Crippen molar-refractivity contribution in [1.29, 1.82) is 0 Å². The number of sulfonamides is 1. The molecule has 0 fully saturated rings. The predicted octanol–water partition coefficient (Wildman–Crippen LogP) is 4.03. The van der Waals surface area contributed by atoms with Crippen molar-refractivity contribution in [3.8, 4) is 11.5 Å². The Morgan fingerprint density at radius 1 is 0.879 bits per heavy atom. The summed E-state index contributed by atoms with van der Waals surface area (Å²) in [4.78, 5) is 0. The first kappa shape index (κ1) is 26.9. The number of benzene rings is 2. The van der Waals surface area contributed by atoms with Crippen molar-refractivity contribution in [3.63, 3.8) is 0 Å². The molecule has 2 aromatic carbocycles. The van der Waals surface area contributed by atoms with E-state index >= 15 is 0 Å². The molecule has 0 unspecified atom stereocenters. The molecule has 33 heavy (non-hydrogen) atoms. The van der Waals surface area contributed by atoms with Gasteiger partial charge in [-0.15, -0.1) is 6.58 Å². The molecule has 0 spiro atoms. The van der Waals surface area contributed by atoms with E-state index < -0.39 is 15.3 Å². The third kappa shape index (κ3) is 8.47. The van der Waals surface area contributed by atoms with Crippen LogP contribution >= 0.6 is 0 Å². The molecule has 8 heteroatoms. The Morgan fingerprint density at radius 3 is 1.82 bits per heavy atom. The van der Waals surface area contributed by atoms with Gasteiger partial charge in [-0.25, -0.2) is 8.42 Å². The van der Waals surface area contributed by atoms with Crippen molar-refractivity contribution in [2.24, 2.45) is 0 Å². The van der Waals surface area contributed by atoms with Gasteiger partial charge in [0.25, 0.3) is 0 Å². The van der Waals surface area contributed by atoms with Crippen LogP contribution in [0.15, 0.2) is 61.2 Å². The number of ether oxygens (including phenoxy) is 4. The van der Waals surface area contributed by atoms with Gasteiger partial charge in [-0.3, -0.25) is 0 Å². The van der Waals surface area contributed by atoms with Gasteiger partial charge in [0.15, 0.2) is 0 Å². The van der Waals surface area contributed by atoms with Crippen LogP contribution in [-0.4, -0.2) is 59.1 Å². The van der Waals surface area contributed by atoms with E-state index in [0.717, 1.165) is 22.6 Å². The second kappa shape index (κ2) is 14.0. The molecule has 0 heterocycles. The zero-order valence-electron chi connectivity index (χ0n) is 19.7. The molecule has 0 saturated carbocycles. The molecule has 2 aromatic rings. The minimum absolute atomic E-state index is 0.0985. The van der Waals surface area contributed by atoms with Gasteiger partial charge in [-0.1, -0.05) is 30.3 Å².